The fourth-order valence-electron chi connectivity index (χ4n) is 3.85. The molecule has 1 atom stereocenters. The minimum absolute atomic E-state index is 0.0133. The average Bonchev–Trinajstić information content (AvgIpc) is 2.78. The van der Waals surface area contributed by atoms with Gasteiger partial charge in [0.05, 0.1) is 7.11 Å². The van der Waals surface area contributed by atoms with Crippen molar-refractivity contribution in [2.75, 3.05) is 31.8 Å². The first kappa shape index (κ1) is 22.2. The predicted octanol–water partition coefficient (Wildman–Crippen LogP) is 5.00. The maximum atomic E-state index is 12.8. The van der Waals surface area contributed by atoms with Crippen molar-refractivity contribution in [3.8, 4) is 5.75 Å². The van der Waals surface area contributed by atoms with Crippen molar-refractivity contribution in [1.29, 1.82) is 0 Å². The third-order valence-corrected chi connectivity index (χ3v) is 6.37. The number of nitrogens with zero attached hydrogens (tertiary/aromatic N) is 1. The van der Waals surface area contributed by atoms with Crippen LogP contribution < -0.4 is 10.1 Å². The second kappa shape index (κ2) is 10.5. The van der Waals surface area contributed by atoms with Gasteiger partial charge < -0.3 is 15.0 Å². The largest absolute Gasteiger partial charge is 0.497 e. The Morgan fingerprint density at radius 3 is 2.63 bits per heavy atom. The van der Waals surface area contributed by atoms with Crippen LogP contribution in [0.15, 0.2) is 47.4 Å². The minimum Gasteiger partial charge on any atom is -0.497 e. The number of amides is 2. The van der Waals surface area contributed by atoms with E-state index >= 15 is 0 Å². The lowest BCUT2D eigenvalue weighted by atomic mass is 9.92. The predicted molar refractivity (Wildman–Crippen MR) is 122 cm³/mol. The molecule has 1 fully saturated rings. The standard InChI is InChI=1S/C24H30N2O3S/c1-17-15-20(29-2)9-12-22(17)25-23(27)13-6-18-5-4-14-26(16-18)24(28)19-7-10-21(30-3)11-8-19/h7-12,15,18H,4-6,13-14,16H2,1-3H3,(H,25,27)/t18-/m1/s1. The lowest BCUT2D eigenvalue weighted by Crippen LogP contribution is -2.40. The summed E-state index contributed by atoms with van der Waals surface area (Å²) >= 11 is 1.67. The van der Waals surface area contributed by atoms with Gasteiger partial charge in [0, 0.05) is 35.7 Å². The summed E-state index contributed by atoms with van der Waals surface area (Å²) in [6.45, 7) is 3.46. The molecule has 30 heavy (non-hydrogen) atoms. The van der Waals surface area contributed by atoms with Gasteiger partial charge in [-0.1, -0.05) is 0 Å². The van der Waals surface area contributed by atoms with Crippen molar-refractivity contribution < 1.29 is 14.3 Å². The molecule has 1 saturated heterocycles. The van der Waals surface area contributed by atoms with Gasteiger partial charge in [-0.2, -0.15) is 0 Å². The number of thioether (sulfide) groups is 1. The topological polar surface area (TPSA) is 58.6 Å². The maximum Gasteiger partial charge on any atom is 0.253 e. The number of nitrogens with one attached hydrogen (secondary N) is 1. The number of hydrogen-bond acceptors (Lipinski definition) is 4. The van der Waals surface area contributed by atoms with E-state index in [-0.39, 0.29) is 11.8 Å². The summed E-state index contributed by atoms with van der Waals surface area (Å²) in [4.78, 5) is 28.4. The van der Waals surface area contributed by atoms with E-state index < -0.39 is 0 Å². The van der Waals surface area contributed by atoms with E-state index in [1.165, 1.54) is 0 Å². The molecule has 1 aliphatic heterocycles. The zero-order chi connectivity index (χ0) is 21.5. The quantitative estimate of drug-likeness (QED) is 0.633. The van der Waals surface area contributed by atoms with Crippen LogP contribution in [0.2, 0.25) is 0 Å². The second-order valence-corrected chi connectivity index (χ2v) is 8.64. The number of anilines is 1. The second-order valence-electron chi connectivity index (χ2n) is 7.76. The number of benzene rings is 2. The van der Waals surface area contributed by atoms with Crippen molar-refractivity contribution in [1.82, 2.24) is 4.90 Å². The molecule has 1 aliphatic rings. The smallest absolute Gasteiger partial charge is 0.253 e. The summed E-state index contributed by atoms with van der Waals surface area (Å²) in [5.74, 6) is 1.24. The molecule has 2 aromatic rings. The highest BCUT2D eigenvalue weighted by atomic mass is 32.2. The van der Waals surface area contributed by atoms with E-state index in [4.69, 9.17) is 4.74 Å². The highest BCUT2D eigenvalue weighted by molar-refractivity contribution is 7.98. The number of methoxy groups -OCH3 is 1. The van der Waals surface area contributed by atoms with Gasteiger partial charge in [-0.3, -0.25) is 9.59 Å². The Bertz CT molecular complexity index is 883. The summed E-state index contributed by atoms with van der Waals surface area (Å²) < 4.78 is 5.21. The van der Waals surface area contributed by atoms with Crippen molar-refractivity contribution in [3.05, 3.63) is 53.6 Å². The Hall–Kier alpha value is -2.47. The molecule has 2 aromatic carbocycles. The van der Waals surface area contributed by atoms with Crippen LogP contribution >= 0.6 is 11.8 Å². The van der Waals surface area contributed by atoms with E-state index in [2.05, 4.69) is 5.32 Å². The molecule has 5 nitrogen and oxygen atoms in total. The maximum absolute atomic E-state index is 12.8. The Balaban J connectivity index is 1.50. The van der Waals surface area contributed by atoms with Crippen LogP contribution in [0.3, 0.4) is 0 Å². The molecule has 0 aromatic heterocycles. The number of hydrogen-bond donors (Lipinski definition) is 1. The highest BCUT2D eigenvalue weighted by Crippen LogP contribution is 2.25. The van der Waals surface area contributed by atoms with Crippen LogP contribution in [0.4, 0.5) is 5.69 Å². The van der Waals surface area contributed by atoms with Crippen LogP contribution in [0.5, 0.6) is 5.75 Å². The summed E-state index contributed by atoms with van der Waals surface area (Å²) in [5.41, 5.74) is 2.53. The number of piperidine rings is 1. The molecule has 0 radical (unpaired) electrons. The van der Waals surface area contributed by atoms with Gasteiger partial charge in [0.2, 0.25) is 5.91 Å². The molecule has 160 valence electrons. The number of rotatable bonds is 7. The Labute approximate surface area is 183 Å². The molecule has 0 aliphatic carbocycles. The van der Waals surface area contributed by atoms with Gasteiger partial charge in [0.25, 0.3) is 5.91 Å². The number of aryl methyl sites for hydroxylation is 1. The van der Waals surface area contributed by atoms with Crippen molar-refractivity contribution in [3.63, 3.8) is 0 Å². The average molecular weight is 427 g/mol. The first-order valence-electron chi connectivity index (χ1n) is 10.4. The van der Waals surface area contributed by atoms with Crippen LogP contribution in [0.1, 0.15) is 41.6 Å². The molecule has 1 heterocycles. The first-order valence-corrected chi connectivity index (χ1v) is 11.6. The van der Waals surface area contributed by atoms with Gasteiger partial charge in [-0.15, -0.1) is 11.8 Å². The zero-order valence-corrected chi connectivity index (χ0v) is 18.8. The summed E-state index contributed by atoms with van der Waals surface area (Å²) in [6.07, 6.45) is 5.32. The zero-order valence-electron chi connectivity index (χ0n) is 17.9. The van der Waals surface area contributed by atoms with Crippen LogP contribution in [-0.4, -0.2) is 43.2 Å². The monoisotopic (exact) mass is 426 g/mol. The molecule has 0 bridgehead atoms. The fraction of sp³-hybridized carbons (Fsp3) is 0.417. The highest BCUT2D eigenvalue weighted by Gasteiger charge is 2.25. The van der Waals surface area contributed by atoms with Gasteiger partial charge in [-0.25, -0.2) is 0 Å². The molecular weight excluding hydrogens is 396 g/mol. The van der Waals surface area contributed by atoms with Crippen LogP contribution in [0, 0.1) is 12.8 Å². The molecule has 1 N–H and O–H groups in total. The van der Waals surface area contributed by atoms with E-state index in [1.54, 1.807) is 18.9 Å². The van der Waals surface area contributed by atoms with Crippen LogP contribution in [-0.2, 0) is 4.79 Å². The number of likely N-dealkylation sites (tertiary alicyclic amines) is 1. The van der Waals surface area contributed by atoms with E-state index in [0.717, 1.165) is 59.8 Å². The van der Waals surface area contributed by atoms with Crippen LogP contribution in [0.25, 0.3) is 0 Å². The lowest BCUT2D eigenvalue weighted by molar-refractivity contribution is -0.116. The summed E-state index contributed by atoms with van der Waals surface area (Å²) in [6, 6.07) is 13.4. The van der Waals surface area contributed by atoms with E-state index in [0.29, 0.717) is 12.3 Å². The molecule has 0 unspecified atom stereocenters. The van der Waals surface area contributed by atoms with Crippen molar-refractivity contribution >= 4 is 29.3 Å². The summed E-state index contributed by atoms with van der Waals surface area (Å²) in [7, 11) is 1.63. The molecule has 3 rings (SSSR count). The minimum atomic E-state index is 0.0133. The van der Waals surface area contributed by atoms with E-state index in [1.807, 2.05) is 60.5 Å². The third-order valence-electron chi connectivity index (χ3n) is 5.63. The fourth-order valence-corrected chi connectivity index (χ4v) is 4.26. The Morgan fingerprint density at radius 2 is 1.97 bits per heavy atom. The lowest BCUT2D eigenvalue weighted by Gasteiger charge is -2.33. The van der Waals surface area contributed by atoms with Crippen molar-refractivity contribution in [2.45, 2.75) is 37.5 Å². The molecule has 0 spiro atoms. The van der Waals surface area contributed by atoms with Crippen molar-refractivity contribution in [2.24, 2.45) is 5.92 Å². The molecule has 2 amide bonds. The summed E-state index contributed by atoms with van der Waals surface area (Å²) in [5, 5.41) is 2.99. The third kappa shape index (κ3) is 5.79. The van der Waals surface area contributed by atoms with Gasteiger partial charge in [-0.05, 0) is 86.4 Å². The first-order chi connectivity index (χ1) is 14.5. The normalized spacial score (nSPS) is 16.2. The molecule has 6 heteroatoms. The van der Waals surface area contributed by atoms with Gasteiger partial charge in [0.1, 0.15) is 5.75 Å². The molecular formula is C24H30N2O3S. The van der Waals surface area contributed by atoms with Gasteiger partial charge in [0.15, 0.2) is 0 Å². The number of carbonyl (C=O) groups is 2. The Kier molecular flexibility index (Phi) is 7.80. The Morgan fingerprint density at radius 1 is 1.20 bits per heavy atom. The van der Waals surface area contributed by atoms with Gasteiger partial charge >= 0.3 is 0 Å². The van der Waals surface area contributed by atoms with E-state index in [9.17, 15) is 9.59 Å². The number of carbonyl (C=O) groups excluding carboxylic acids is 2. The molecule has 0 saturated carbocycles. The SMILES string of the molecule is COc1ccc(NC(=O)CC[C@H]2CCCN(C(=O)c3ccc(SC)cc3)C2)c(C)c1. The number of ether oxygens (including phenoxy) is 1.